The molecule has 1 amide bonds. The van der Waals surface area contributed by atoms with Crippen LogP contribution in [-0.4, -0.2) is 38.3 Å². The standard InChI is InChI=1S/C21H16N6O4/c28-19(13-27-25-20(24-26-27)14-6-2-1-3-7-14)23-22-12-15-10-11-18(31-15)16-8-4-5-9-17(16)21(29)30/h1-12H,13H2,(H,23,28)(H,29,30)/p-1/b22-12-. The third-order valence-electron chi connectivity index (χ3n) is 4.19. The van der Waals surface area contributed by atoms with E-state index < -0.39 is 11.9 Å². The van der Waals surface area contributed by atoms with Gasteiger partial charge in [-0.1, -0.05) is 54.6 Å². The molecule has 10 heteroatoms. The number of carbonyl (C=O) groups excluding carboxylic acids is 2. The van der Waals surface area contributed by atoms with E-state index in [1.165, 1.54) is 12.3 Å². The summed E-state index contributed by atoms with van der Waals surface area (Å²) in [4.78, 5) is 24.4. The highest BCUT2D eigenvalue weighted by atomic mass is 16.4. The van der Waals surface area contributed by atoms with E-state index in [4.69, 9.17) is 4.42 Å². The molecule has 0 saturated heterocycles. The van der Waals surface area contributed by atoms with Crippen LogP contribution in [-0.2, 0) is 11.3 Å². The van der Waals surface area contributed by atoms with E-state index in [-0.39, 0.29) is 12.1 Å². The van der Waals surface area contributed by atoms with Gasteiger partial charge in [0.2, 0.25) is 5.82 Å². The van der Waals surface area contributed by atoms with Crippen LogP contribution in [0.25, 0.3) is 22.7 Å². The topological polar surface area (TPSA) is 138 Å². The minimum atomic E-state index is -1.30. The average Bonchev–Trinajstić information content (AvgIpc) is 3.44. The Labute approximate surface area is 175 Å². The molecular formula is C21H15N6O4-. The highest BCUT2D eigenvalue weighted by Gasteiger charge is 2.10. The molecule has 0 fully saturated rings. The van der Waals surface area contributed by atoms with Gasteiger partial charge in [0.1, 0.15) is 18.1 Å². The quantitative estimate of drug-likeness (QED) is 0.352. The minimum absolute atomic E-state index is 0.0174. The summed E-state index contributed by atoms with van der Waals surface area (Å²) in [6.07, 6.45) is 1.30. The number of hydrogen-bond donors (Lipinski definition) is 1. The Balaban J connectivity index is 1.36. The summed E-state index contributed by atoms with van der Waals surface area (Å²) in [5, 5.41) is 27.0. The number of aromatic carboxylic acids is 1. The average molecular weight is 415 g/mol. The molecule has 0 bridgehead atoms. The van der Waals surface area contributed by atoms with Crippen molar-refractivity contribution >= 4 is 18.1 Å². The first-order valence-electron chi connectivity index (χ1n) is 9.16. The van der Waals surface area contributed by atoms with Gasteiger partial charge < -0.3 is 14.3 Å². The fraction of sp³-hybridized carbons (Fsp3) is 0.0476. The number of nitrogens with zero attached hydrogens (tertiary/aromatic N) is 5. The number of benzene rings is 2. The Bertz CT molecular complexity index is 1250. The van der Waals surface area contributed by atoms with Crippen molar-refractivity contribution in [2.75, 3.05) is 0 Å². The maximum absolute atomic E-state index is 12.0. The van der Waals surface area contributed by atoms with Crippen molar-refractivity contribution in [3.05, 3.63) is 78.1 Å². The Morgan fingerprint density at radius 3 is 2.65 bits per heavy atom. The number of hydrazone groups is 1. The second-order valence-electron chi connectivity index (χ2n) is 6.34. The van der Waals surface area contributed by atoms with E-state index in [2.05, 4.69) is 25.9 Å². The molecule has 31 heavy (non-hydrogen) atoms. The lowest BCUT2D eigenvalue weighted by Crippen LogP contribution is -2.24. The van der Waals surface area contributed by atoms with Crippen LogP contribution < -0.4 is 10.5 Å². The van der Waals surface area contributed by atoms with Crippen LogP contribution in [0.4, 0.5) is 0 Å². The molecule has 154 valence electrons. The fourth-order valence-electron chi connectivity index (χ4n) is 2.79. The molecule has 2 aromatic heterocycles. The summed E-state index contributed by atoms with van der Waals surface area (Å²) >= 11 is 0. The Morgan fingerprint density at radius 1 is 1.06 bits per heavy atom. The Hall–Kier alpha value is -4.60. The van der Waals surface area contributed by atoms with Gasteiger partial charge in [-0.25, -0.2) is 5.43 Å². The number of amides is 1. The zero-order valence-corrected chi connectivity index (χ0v) is 16.0. The largest absolute Gasteiger partial charge is 0.545 e. The molecule has 10 nitrogen and oxygen atoms in total. The molecule has 0 aliphatic heterocycles. The smallest absolute Gasteiger partial charge is 0.263 e. The van der Waals surface area contributed by atoms with E-state index in [9.17, 15) is 14.7 Å². The maximum Gasteiger partial charge on any atom is 0.263 e. The van der Waals surface area contributed by atoms with Crippen LogP contribution in [0.2, 0.25) is 0 Å². The number of hydrogen-bond acceptors (Lipinski definition) is 8. The van der Waals surface area contributed by atoms with Crippen LogP contribution in [0.5, 0.6) is 0 Å². The van der Waals surface area contributed by atoms with Gasteiger partial charge in [0.05, 0.1) is 12.2 Å². The van der Waals surface area contributed by atoms with Crippen molar-refractivity contribution < 1.29 is 19.1 Å². The number of tetrazole rings is 1. The molecule has 0 unspecified atom stereocenters. The molecule has 2 heterocycles. The summed E-state index contributed by atoms with van der Waals surface area (Å²) < 4.78 is 5.58. The van der Waals surface area contributed by atoms with E-state index in [0.29, 0.717) is 22.9 Å². The molecule has 0 saturated carbocycles. The summed E-state index contributed by atoms with van der Waals surface area (Å²) in [6.45, 7) is -0.167. The fourth-order valence-corrected chi connectivity index (χ4v) is 2.79. The summed E-state index contributed by atoms with van der Waals surface area (Å²) in [6, 6.07) is 18.8. The van der Waals surface area contributed by atoms with Crippen molar-refractivity contribution in [1.82, 2.24) is 25.6 Å². The summed E-state index contributed by atoms with van der Waals surface area (Å²) in [7, 11) is 0. The highest BCUT2D eigenvalue weighted by molar-refractivity contribution is 5.94. The van der Waals surface area contributed by atoms with Gasteiger partial charge in [-0.3, -0.25) is 4.79 Å². The van der Waals surface area contributed by atoms with E-state index in [0.717, 1.165) is 10.4 Å². The summed E-state index contributed by atoms with van der Waals surface area (Å²) in [5.74, 6) is -0.674. The lowest BCUT2D eigenvalue weighted by atomic mass is 10.1. The molecular weight excluding hydrogens is 400 g/mol. The normalized spacial score (nSPS) is 11.0. The molecule has 0 radical (unpaired) electrons. The van der Waals surface area contributed by atoms with Gasteiger partial charge in [0.25, 0.3) is 5.91 Å². The molecule has 2 aromatic carbocycles. The SMILES string of the molecule is O=C(Cn1nnc(-c2ccccc2)n1)N/N=C\c1ccc(-c2ccccc2C(=O)[O-])o1. The number of rotatable bonds is 7. The third-order valence-corrected chi connectivity index (χ3v) is 4.19. The Morgan fingerprint density at radius 2 is 1.84 bits per heavy atom. The van der Waals surface area contributed by atoms with Gasteiger partial charge in [0.15, 0.2) is 0 Å². The first kappa shape index (κ1) is 19.7. The molecule has 0 aliphatic carbocycles. The lowest BCUT2D eigenvalue weighted by molar-refractivity contribution is -0.254. The number of carboxylic acid groups (broad SMARTS) is 1. The molecule has 1 N–H and O–H groups in total. The van der Waals surface area contributed by atoms with Crippen LogP contribution in [0.1, 0.15) is 16.1 Å². The van der Waals surface area contributed by atoms with Crippen molar-refractivity contribution in [2.45, 2.75) is 6.54 Å². The molecule has 4 rings (SSSR count). The zero-order valence-electron chi connectivity index (χ0n) is 16.0. The second kappa shape index (κ2) is 8.82. The van der Waals surface area contributed by atoms with Crippen LogP contribution in [0, 0.1) is 0 Å². The maximum atomic E-state index is 12.0. The molecule has 0 aliphatic rings. The zero-order chi connectivity index (χ0) is 21.6. The molecule has 0 atom stereocenters. The van der Waals surface area contributed by atoms with Crippen molar-refractivity contribution in [1.29, 1.82) is 0 Å². The van der Waals surface area contributed by atoms with Crippen LogP contribution in [0.3, 0.4) is 0 Å². The van der Waals surface area contributed by atoms with Crippen molar-refractivity contribution in [2.24, 2.45) is 5.10 Å². The third kappa shape index (κ3) is 4.70. The number of aromatic nitrogens is 4. The van der Waals surface area contributed by atoms with E-state index >= 15 is 0 Å². The van der Waals surface area contributed by atoms with Crippen molar-refractivity contribution in [3.63, 3.8) is 0 Å². The van der Waals surface area contributed by atoms with Crippen LogP contribution >= 0.6 is 0 Å². The van der Waals surface area contributed by atoms with Gasteiger partial charge in [-0.2, -0.15) is 9.90 Å². The highest BCUT2D eigenvalue weighted by Crippen LogP contribution is 2.25. The number of carboxylic acids is 1. The minimum Gasteiger partial charge on any atom is -0.545 e. The first-order chi connectivity index (χ1) is 15.1. The van der Waals surface area contributed by atoms with Crippen molar-refractivity contribution in [3.8, 4) is 22.7 Å². The monoisotopic (exact) mass is 415 g/mol. The number of furan rings is 1. The number of nitrogens with one attached hydrogen (secondary N) is 1. The van der Waals surface area contributed by atoms with E-state index in [1.807, 2.05) is 30.3 Å². The predicted octanol–water partition coefficient (Wildman–Crippen LogP) is 1.11. The molecule has 0 spiro atoms. The molecule has 4 aromatic rings. The van der Waals surface area contributed by atoms with Gasteiger partial charge in [-0.05, 0) is 17.3 Å². The summed E-state index contributed by atoms with van der Waals surface area (Å²) in [5.41, 5.74) is 3.54. The Kier molecular flexibility index (Phi) is 5.61. The van der Waals surface area contributed by atoms with Gasteiger partial charge >= 0.3 is 0 Å². The van der Waals surface area contributed by atoms with Gasteiger partial charge in [0, 0.05) is 16.7 Å². The second-order valence-corrected chi connectivity index (χ2v) is 6.34. The van der Waals surface area contributed by atoms with Crippen LogP contribution in [0.15, 0.2) is 76.2 Å². The predicted molar refractivity (Wildman–Crippen MR) is 107 cm³/mol. The first-order valence-corrected chi connectivity index (χ1v) is 9.16. The van der Waals surface area contributed by atoms with Gasteiger partial charge in [-0.15, -0.1) is 10.2 Å². The lowest BCUT2D eigenvalue weighted by Gasteiger charge is -2.07. The van der Waals surface area contributed by atoms with E-state index in [1.54, 1.807) is 30.3 Å². The number of carbonyl (C=O) groups is 2.